The third kappa shape index (κ3) is 4.23. The monoisotopic (exact) mass is 211 g/mol. The number of hydrogen-bond acceptors (Lipinski definition) is 1. The first-order valence-corrected chi connectivity index (χ1v) is 6.53. The minimum Gasteiger partial charge on any atom is -0.356 e. The van der Waals surface area contributed by atoms with Crippen LogP contribution in [-0.4, -0.2) is 12.5 Å². The maximum Gasteiger partial charge on any atom is 0.223 e. The van der Waals surface area contributed by atoms with E-state index in [4.69, 9.17) is 0 Å². The summed E-state index contributed by atoms with van der Waals surface area (Å²) in [5, 5.41) is 2.98. The van der Waals surface area contributed by atoms with Crippen LogP contribution in [0.5, 0.6) is 0 Å². The van der Waals surface area contributed by atoms with Crippen molar-refractivity contribution in [3.8, 4) is 0 Å². The fourth-order valence-corrected chi connectivity index (χ4v) is 2.43. The molecule has 0 aromatic carbocycles. The molecule has 0 bridgehead atoms. The maximum atomic E-state index is 11.6. The van der Waals surface area contributed by atoms with Crippen LogP contribution in [0, 0.1) is 11.8 Å². The van der Waals surface area contributed by atoms with Crippen LogP contribution < -0.4 is 5.32 Å². The molecule has 2 heteroatoms. The molecule has 1 saturated heterocycles. The summed E-state index contributed by atoms with van der Waals surface area (Å²) < 4.78 is 0. The van der Waals surface area contributed by atoms with Gasteiger partial charge in [0.1, 0.15) is 0 Å². The van der Waals surface area contributed by atoms with Gasteiger partial charge in [0, 0.05) is 12.5 Å². The van der Waals surface area contributed by atoms with Gasteiger partial charge in [0.05, 0.1) is 0 Å². The lowest BCUT2D eigenvalue weighted by Crippen LogP contribution is -2.39. The second-order valence-corrected chi connectivity index (χ2v) is 4.87. The Bertz CT molecular complexity index is 191. The van der Waals surface area contributed by atoms with Gasteiger partial charge in [-0.2, -0.15) is 0 Å². The first-order chi connectivity index (χ1) is 7.25. The van der Waals surface area contributed by atoms with Gasteiger partial charge in [-0.15, -0.1) is 0 Å². The summed E-state index contributed by atoms with van der Waals surface area (Å²) in [4.78, 5) is 11.6. The van der Waals surface area contributed by atoms with Gasteiger partial charge in [-0.05, 0) is 25.2 Å². The predicted octanol–water partition coefficient (Wildman–Crippen LogP) is 3.12. The number of hydrogen-bond donors (Lipinski definition) is 1. The van der Waals surface area contributed by atoms with Crippen molar-refractivity contribution < 1.29 is 4.79 Å². The van der Waals surface area contributed by atoms with E-state index in [1.807, 2.05) is 0 Å². The summed E-state index contributed by atoms with van der Waals surface area (Å²) in [6, 6.07) is 0. The molecule has 0 aromatic rings. The Morgan fingerprint density at radius 1 is 1.40 bits per heavy atom. The van der Waals surface area contributed by atoms with Crippen LogP contribution in [0.25, 0.3) is 0 Å². The molecule has 15 heavy (non-hydrogen) atoms. The van der Waals surface area contributed by atoms with Crippen molar-refractivity contribution in [1.29, 1.82) is 0 Å². The number of carbonyl (C=O) groups is 1. The van der Waals surface area contributed by atoms with Gasteiger partial charge in [-0.25, -0.2) is 0 Å². The Labute approximate surface area is 93.8 Å². The highest BCUT2D eigenvalue weighted by Crippen LogP contribution is 2.25. The normalized spacial score (nSPS) is 23.6. The quantitative estimate of drug-likeness (QED) is 0.672. The zero-order valence-corrected chi connectivity index (χ0v) is 10.2. The summed E-state index contributed by atoms with van der Waals surface area (Å²) in [5.41, 5.74) is 0. The molecule has 1 rings (SSSR count). The second kappa shape index (κ2) is 6.86. The molecule has 0 radical (unpaired) electrons. The number of rotatable bonds is 6. The van der Waals surface area contributed by atoms with Crippen molar-refractivity contribution >= 4 is 5.91 Å². The van der Waals surface area contributed by atoms with E-state index in [0.29, 0.717) is 17.7 Å². The van der Waals surface area contributed by atoms with Crippen LogP contribution in [0.1, 0.15) is 58.8 Å². The van der Waals surface area contributed by atoms with Crippen molar-refractivity contribution in [2.45, 2.75) is 58.8 Å². The third-order valence-electron chi connectivity index (χ3n) is 3.53. The second-order valence-electron chi connectivity index (χ2n) is 4.87. The van der Waals surface area contributed by atoms with Crippen LogP contribution in [-0.2, 0) is 4.79 Å². The molecule has 0 aromatic heterocycles. The van der Waals surface area contributed by atoms with Gasteiger partial charge in [-0.1, -0.05) is 39.5 Å². The summed E-state index contributed by atoms with van der Waals surface area (Å²) in [5.74, 6) is 1.16. The van der Waals surface area contributed by atoms with Crippen LogP contribution in [0.3, 0.4) is 0 Å². The molecule has 2 nitrogen and oxygen atoms in total. The van der Waals surface area contributed by atoms with Gasteiger partial charge in [0.25, 0.3) is 0 Å². The third-order valence-corrected chi connectivity index (χ3v) is 3.53. The molecular weight excluding hydrogens is 186 g/mol. The number of nitrogens with one attached hydrogen (secondary N) is 1. The van der Waals surface area contributed by atoms with Crippen molar-refractivity contribution in [2.75, 3.05) is 6.54 Å². The van der Waals surface area contributed by atoms with E-state index in [1.165, 1.54) is 32.1 Å². The van der Waals surface area contributed by atoms with Gasteiger partial charge in [0.2, 0.25) is 5.91 Å². The lowest BCUT2D eigenvalue weighted by atomic mass is 9.83. The minimum atomic E-state index is 0.292. The van der Waals surface area contributed by atoms with E-state index in [2.05, 4.69) is 19.2 Å². The SMILES string of the molecule is CCCCCCC(C)C1CCCNC1=O. The number of amides is 1. The molecule has 1 N–H and O–H groups in total. The average Bonchev–Trinajstić information content (AvgIpc) is 2.25. The lowest BCUT2D eigenvalue weighted by Gasteiger charge is -2.27. The smallest absolute Gasteiger partial charge is 0.223 e. The first kappa shape index (κ1) is 12.5. The van der Waals surface area contributed by atoms with E-state index >= 15 is 0 Å². The molecule has 88 valence electrons. The average molecular weight is 211 g/mol. The highest BCUT2D eigenvalue weighted by atomic mass is 16.1. The Balaban J connectivity index is 2.19. The van der Waals surface area contributed by atoms with E-state index in [1.54, 1.807) is 0 Å². The van der Waals surface area contributed by atoms with Crippen molar-refractivity contribution in [3.63, 3.8) is 0 Å². The molecule has 1 fully saturated rings. The predicted molar refractivity (Wildman–Crippen MR) is 63.7 cm³/mol. The number of unbranched alkanes of at least 4 members (excludes halogenated alkanes) is 3. The van der Waals surface area contributed by atoms with E-state index in [-0.39, 0.29) is 0 Å². The zero-order valence-electron chi connectivity index (χ0n) is 10.2. The molecule has 1 aliphatic rings. The molecule has 1 heterocycles. The Kier molecular flexibility index (Phi) is 5.74. The topological polar surface area (TPSA) is 29.1 Å². The fourth-order valence-electron chi connectivity index (χ4n) is 2.43. The van der Waals surface area contributed by atoms with Crippen LogP contribution in [0.2, 0.25) is 0 Å². The van der Waals surface area contributed by atoms with Crippen molar-refractivity contribution in [3.05, 3.63) is 0 Å². The number of carbonyl (C=O) groups excluding carboxylic acids is 1. The van der Waals surface area contributed by atoms with Gasteiger partial charge in [0.15, 0.2) is 0 Å². The number of piperidine rings is 1. The summed E-state index contributed by atoms with van der Waals surface area (Å²) in [6.07, 6.45) is 8.73. The Morgan fingerprint density at radius 2 is 2.20 bits per heavy atom. The molecule has 2 atom stereocenters. The molecule has 2 unspecified atom stereocenters. The van der Waals surface area contributed by atoms with Gasteiger partial charge >= 0.3 is 0 Å². The highest BCUT2D eigenvalue weighted by Gasteiger charge is 2.26. The summed E-state index contributed by atoms with van der Waals surface area (Å²) >= 11 is 0. The van der Waals surface area contributed by atoms with E-state index in [9.17, 15) is 4.79 Å². The molecule has 0 spiro atoms. The van der Waals surface area contributed by atoms with Crippen LogP contribution in [0.15, 0.2) is 0 Å². The Morgan fingerprint density at radius 3 is 2.87 bits per heavy atom. The van der Waals surface area contributed by atoms with Gasteiger partial charge < -0.3 is 5.32 Å². The lowest BCUT2D eigenvalue weighted by molar-refractivity contribution is -0.128. The largest absolute Gasteiger partial charge is 0.356 e. The summed E-state index contributed by atoms with van der Waals surface area (Å²) in [6.45, 7) is 5.36. The minimum absolute atomic E-state index is 0.292. The van der Waals surface area contributed by atoms with Gasteiger partial charge in [-0.3, -0.25) is 4.79 Å². The van der Waals surface area contributed by atoms with Crippen molar-refractivity contribution in [1.82, 2.24) is 5.32 Å². The Hall–Kier alpha value is -0.530. The highest BCUT2D eigenvalue weighted by molar-refractivity contribution is 5.79. The van der Waals surface area contributed by atoms with Crippen LogP contribution >= 0.6 is 0 Å². The molecule has 0 saturated carbocycles. The maximum absolute atomic E-state index is 11.6. The first-order valence-electron chi connectivity index (χ1n) is 6.53. The zero-order chi connectivity index (χ0) is 11.1. The summed E-state index contributed by atoms with van der Waals surface area (Å²) in [7, 11) is 0. The van der Waals surface area contributed by atoms with Crippen molar-refractivity contribution in [2.24, 2.45) is 11.8 Å². The fraction of sp³-hybridized carbons (Fsp3) is 0.923. The standard InChI is InChI=1S/C13H25NO/c1-3-4-5-6-8-11(2)12-9-7-10-14-13(12)15/h11-12H,3-10H2,1-2H3,(H,14,15). The molecular formula is C13H25NO. The molecule has 1 aliphatic heterocycles. The van der Waals surface area contributed by atoms with E-state index in [0.717, 1.165) is 19.4 Å². The van der Waals surface area contributed by atoms with E-state index < -0.39 is 0 Å². The van der Waals surface area contributed by atoms with Crippen LogP contribution in [0.4, 0.5) is 0 Å². The molecule has 1 amide bonds. The molecule has 0 aliphatic carbocycles.